The smallest absolute Gasteiger partial charge is 0.410 e. The quantitative estimate of drug-likeness (QED) is 0.106. The molecule has 4 aliphatic rings. The number of nitrogen functional groups attached to an aromatic ring is 1. The van der Waals surface area contributed by atoms with Crippen molar-refractivity contribution >= 4 is 46.8 Å². The molecular weight excluding hydrogens is 821 g/mol. The number of carbonyl (C=O) groups excluding carboxylic acids is 4. The lowest BCUT2D eigenvalue weighted by Gasteiger charge is -2.33. The first-order valence-electron chi connectivity index (χ1n) is 21.6. The minimum absolute atomic E-state index is 0.0102. The molecule has 0 atom stereocenters. The number of hydrogen-bond acceptors (Lipinski definition) is 11. The van der Waals surface area contributed by atoms with Crippen LogP contribution >= 0.6 is 0 Å². The predicted molar refractivity (Wildman–Crippen MR) is 241 cm³/mol. The maximum atomic E-state index is 13.0. The average molecular weight is 877 g/mol. The molecule has 338 valence electrons. The Hall–Kier alpha value is -6.84. The Labute approximate surface area is 372 Å². The minimum atomic E-state index is -0.530. The van der Waals surface area contributed by atoms with E-state index in [2.05, 4.69) is 0 Å². The molecule has 4 amide bonds. The van der Waals surface area contributed by atoms with E-state index >= 15 is 0 Å². The summed E-state index contributed by atoms with van der Waals surface area (Å²) in [4.78, 5) is 67.8. The van der Waals surface area contributed by atoms with E-state index in [1.165, 1.54) is 11.0 Å². The van der Waals surface area contributed by atoms with Crippen molar-refractivity contribution in [1.82, 2.24) is 9.80 Å². The zero-order chi connectivity index (χ0) is 45.9. The number of nitro benzene ring substituents is 1. The lowest BCUT2D eigenvalue weighted by Crippen LogP contribution is -2.44. The fourth-order valence-corrected chi connectivity index (χ4v) is 8.10. The first kappa shape index (κ1) is 45.2. The highest BCUT2D eigenvalue weighted by Gasteiger charge is 2.36. The zero-order valence-electron chi connectivity index (χ0n) is 37.2. The number of rotatable bonds is 7. The summed E-state index contributed by atoms with van der Waals surface area (Å²) >= 11 is 0. The molecule has 4 aromatic carbocycles. The number of ether oxygens (including phenoxy) is 4. The van der Waals surface area contributed by atoms with Gasteiger partial charge in [-0.3, -0.25) is 19.7 Å². The molecule has 0 unspecified atom stereocenters. The van der Waals surface area contributed by atoms with Crippen LogP contribution in [0.3, 0.4) is 0 Å². The van der Waals surface area contributed by atoms with E-state index in [9.17, 15) is 29.3 Å². The van der Waals surface area contributed by atoms with Gasteiger partial charge in [0.1, 0.15) is 40.5 Å². The molecule has 0 bridgehead atoms. The number of amides is 4. The van der Waals surface area contributed by atoms with Crippen LogP contribution in [0.5, 0.6) is 11.5 Å². The Kier molecular flexibility index (Phi) is 13.0. The van der Waals surface area contributed by atoms with Crippen molar-refractivity contribution in [2.75, 3.05) is 41.7 Å². The second-order valence-corrected chi connectivity index (χ2v) is 18.3. The molecule has 0 spiro atoms. The Morgan fingerprint density at radius 2 is 1.03 bits per heavy atom. The summed E-state index contributed by atoms with van der Waals surface area (Å²) in [5.74, 6) is 0.849. The Morgan fingerprint density at radius 1 is 0.625 bits per heavy atom. The minimum Gasteiger partial charge on any atom is -0.490 e. The van der Waals surface area contributed by atoms with E-state index in [4.69, 9.17) is 24.7 Å². The Balaban J connectivity index is 0.000000192. The Bertz CT molecular complexity index is 2410. The standard InChI is InChI=1S/C24H27N3O6.C24H29N3O4/c1-24(2,3)33-23(29)25-12-10-18(11-13-25)32-19-8-5-7-17(14-19)26-15-16-6-4-9-20(27(30)31)21(16)22(26)28;1-24(2,3)31-23(29)26-12-10-18(11-13-26)30-19-8-5-7-17(14-19)27-15-16-6-4-9-20(25)21(16)22(27)28/h4-9,14,18H,10-13,15H2,1-3H3;4-9,14,18H,10-13,15,25H2,1-3H3. The second-order valence-electron chi connectivity index (χ2n) is 18.3. The van der Waals surface area contributed by atoms with Crippen molar-refractivity contribution < 1.29 is 43.0 Å². The van der Waals surface area contributed by atoms with Gasteiger partial charge in [0.15, 0.2) is 0 Å². The van der Waals surface area contributed by atoms with E-state index in [1.54, 1.807) is 51.1 Å². The van der Waals surface area contributed by atoms with Crippen LogP contribution in [-0.4, -0.2) is 88.3 Å². The van der Waals surface area contributed by atoms with Crippen LogP contribution in [0.1, 0.15) is 99.1 Å². The summed E-state index contributed by atoms with van der Waals surface area (Å²) < 4.78 is 23.2. The lowest BCUT2D eigenvalue weighted by molar-refractivity contribution is -0.385. The van der Waals surface area contributed by atoms with E-state index in [-0.39, 0.29) is 54.0 Å². The number of carbonyl (C=O) groups is 4. The van der Waals surface area contributed by atoms with Gasteiger partial charge < -0.3 is 44.3 Å². The van der Waals surface area contributed by atoms with Crippen molar-refractivity contribution in [3.63, 3.8) is 0 Å². The van der Waals surface area contributed by atoms with Gasteiger partial charge in [-0.25, -0.2) is 9.59 Å². The molecule has 16 heteroatoms. The summed E-state index contributed by atoms with van der Waals surface area (Å²) in [6, 6.07) is 25.0. The van der Waals surface area contributed by atoms with Gasteiger partial charge in [-0.05, 0) is 83.0 Å². The largest absolute Gasteiger partial charge is 0.490 e. The molecule has 0 aliphatic carbocycles. The van der Waals surface area contributed by atoms with Gasteiger partial charge in [-0.2, -0.15) is 0 Å². The lowest BCUT2D eigenvalue weighted by atomic mass is 10.1. The van der Waals surface area contributed by atoms with Crippen molar-refractivity contribution in [3.05, 3.63) is 117 Å². The number of piperidine rings is 2. The third kappa shape index (κ3) is 10.7. The summed E-state index contributed by atoms with van der Waals surface area (Å²) in [5.41, 5.74) is 9.02. The molecule has 8 rings (SSSR count). The molecule has 0 aromatic heterocycles. The number of nitrogens with zero attached hydrogens (tertiary/aromatic N) is 5. The number of benzene rings is 4. The third-order valence-electron chi connectivity index (χ3n) is 11.1. The van der Waals surface area contributed by atoms with Gasteiger partial charge in [0.2, 0.25) is 0 Å². The first-order valence-corrected chi connectivity index (χ1v) is 21.6. The predicted octanol–water partition coefficient (Wildman–Crippen LogP) is 8.74. The maximum absolute atomic E-state index is 13.0. The van der Waals surface area contributed by atoms with Gasteiger partial charge in [0, 0.05) is 87.1 Å². The van der Waals surface area contributed by atoms with Gasteiger partial charge >= 0.3 is 12.2 Å². The molecule has 2 fully saturated rings. The number of nitrogens with two attached hydrogens (primary N) is 1. The Morgan fingerprint density at radius 3 is 1.45 bits per heavy atom. The van der Waals surface area contributed by atoms with Crippen LogP contribution < -0.4 is 25.0 Å². The molecule has 4 aliphatic heterocycles. The highest BCUT2D eigenvalue weighted by atomic mass is 16.6. The van der Waals surface area contributed by atoms with Crippen molar-refractivity contribution in [1.29, 1.82) is 0 Å². The maximum Gasteiger partial charge on any atom is 0.410 e. The molecule has 2 saturated heterocycles. The van der Waals surface area contributed by atoms with Crippen molar-refractivity contribution in [2.45, 2.75) is 104 Å². The van der Waals surface area contributed by atoms with E-state index in [1.807, 2.05) is 84.0 Å². The number of nitro groups is 1. The van der Waals surface area contributed by atoms with Crippen molar-refractivity contribution in [3.8, 4) is 11.5 Å². The third-order valence-corrected chi connectivity index (χ3v) is 11.1. The summed E-state index contributed by atoms with van der Waals surface area (Å²) in [5, 5.41) is 11.3. The number of anilines is 3. The van der Waals surface area contributed by atoms with Crippen LogP contribution in [0.4, 0.5) is 32.3 Å². The van der Waals surface area contributed by atoms with Crippen LogP contribution in [0.15, 0.2) is 84.9 Å². The molecule has 4 aromatic rings. The van der Waals surface area contributed by atoms with Crippen molar-refractivity contribution in [2.24, 2.45) is 0 Å². The van der Waals surface area contributed by atoms with Crippen LogP contribution in [0, 0.1) is 10.1 Å². The SMILES string of the molecule is CC(C)(C)OC(=O)N1CCC(Oc2cccc(N3Cc4cccc(N)c4C3=O)c2)CC1.CC(C)(C)OC(=O)N1CCC(Oc2cccc(N3Cc4cccc([N+](=O)[O-])c4C3=O)c2)CC1. The summed E-state index contributed by atoms with van der Waals surface area (Å²) in [6.45, 7) is 14.2. The molecule has 64 heavy (non-hydrogen) atoms. The average Bonchev–Trinajstić information content (AvgIpc) is 3.77. The van der Waals surface area contributed by atoms with E-state index < -0.39 is 16.1 Å². The first-order chi connectivity index (χ1) is 30.3. The molecule has 0 radical (unpaired) electrons. The number of likely N-dealkylation sites (tertiary alicyclic amines) is 2. The number of hydrogen-bond donors (Lipinski definition) is 1. The summed E-state index contributed by atoms with van der Waals surface area (Å²) in [6.07, 6.45) is 2.15. The molecule has 2 N–H and O–H groups in total. The molecule has 4 heterocycles. The van der Waals surface area contributed by atoms with E-state index in [0.29, 0.717) is 79.6 Å². The monoisotopic (exact) mass is 876 g/mol. The molecular formula is C48H56N6O10. The fourth-order valence-electron chi connectivity index (χ4n) is 8.10. The molecule has 16 nitrogen and oxygen atoms in total. The number of fused-ring (bicyclic) bond motifs is 2. The van der Waals surface area contributed by atoms with Gasteiger partial charge in [-0.1, -0.05) is 36.4 Å². The van der Waals surface area contributed by atoms with E-state index in [0.717, 1.165) is 24.1 Å². The fraction of sp³-hybridized carbons (Fsp3) is 0.417. The zero-order valence-corrected chi connectivity index (χ0v) is 37.2. The summed E-state index contributed by atoms with van der Waals surface area (Å²) in [7, 11) is 0. The molecule has 0 saturated carbocycles. The topological polar surface area (TPSA) is 187 Å². The van der Waals surface area contributed by atoms with Crippen LogP contribution in [-0.2, 0) is 22.6 Å². The normalized spacial score (nSPS) is 16.7. The van der Waals surface area contributed by atoms with Crippen LogP contribution in [0.25, 0.3) is 0 Å². The highest BCUT2D eigenvalue weighted by molar-refractivity contribution is 6.13. The van der Waals surface area contributed by atoms with Gasteiger partial charge in [0.05, 0.1) is 23.6 Å². The van der Waals surface area contributed by atoms with Gasteiger partial charge in [-0.15, -0.1) is 0 Å². The van der Waals surface area contributed by atoms with Crippen LogP contribution in [0.2, 0.25) is 0 Å². The second kappa shape index (κ2) is 18.5. The highest BCUT2D eigenvalue weighted by Crippen LogP contribution is 2.36. The van der Waals surface area contributed by atoms with Gasteiger partial charge in [0.25, 0.3) is 17.5 Å².